The first-order chi connectivity index (χ1) is 27.1. The molecule has 5 nitrogen and oxygen atoms in total. The van der Waals surface area contributed by atoms with Gasteiger partial charge in [0.25, 0.3) is 0 Å². The summed E-state index contributed by atoms with van der Waals surface area (Å²) < 4.78 is 13.0. The molecule has 9 aromatic rings. The fourth-order valence-corrected chi connectivity index (χ4v) is 9.17. The summed E-state index contributed by atoms with van der Waals surface area (Å²) in [6.45, 7) is 2.19. The van der Waals surface area contributed by atoms with Crippen molar-refractivity contribution in [2.75, 3.05) is 0 Å². The van der Waals surface area contributed by atoms with Gasteiger partial charge in [-0.15, -0.1) is 0 Å². The zero-order chi connectivity index (χ0) is 36.3. The first-order valence-electron chi connectivity index (χ1n) is 19.0. The van der Waals surface area contributed by atoms with Crippen molar-refractivity contribution in [1.82, 2.24) is 15.0 Å². The average Bonchev–Trinajstić information content (AvgIpc) is 3.80. The Kier molecular flexibility index (Phi) is 6.30. The zero-order valence-corrected chi connectivity index (χ0v) is 30.1. The normalized spacial score (nSPS) is 17.0. The molecule has 5 heteroatoms. The van der Waals surface area contributed by atoms with E-state index in [1.54, 1.807) is 0 Å². The van der Waals surface area contributed by atoms with Crippen LogP contribution in [0.4, 0.5) is 0 Å². The maximum absolute atomic E-state index is 6.55. The van der Waals surface area contributed by atoms with Gasteiger partial charge >= 0.3 is 0 Å². The number of para-hydroxylation sites is 1. The highest BCUT2D eigenvalue weighted by Gasteiger charge is 2.35. The molecule has 6 aromatic carbocycles. The van der Waals surface area contributed by atoms with Crippen LogP contribution < -0.4 is 0 Å². The first kappa shape index (κ1) is 30.6. The van der Waals surface area contributed by atoms with Gasteiger partial charge in [0.1, 0.15) is 28.3 Å². The van der Waals surface area contributed by atoms with E-state index >= 15 is 0 Å². The summed E-state index contributed by atoms with van der Waals surface area (Å²) in [4.78, 5) is 15.7. The Labute approximate surface area is 317 Å². The predicted molar refractivity (Wildman–Crippen MR) is 223 cm³/mol. The molecule has 3 aliphatic rings. The summed E-state index contributed by atoms with van der Waals surface area (Å²) in [6.07, 6.45) is 14.0. The van der Waals surface area contributed by atoms with Crippen molar-refractivity contribution in [2.45, 2.75) is 31.6 Å². The maximum atomic E-state index is 6.55. The standard InChI is InChI=1S/C50H33N3O2/c1-50(26-25-36-35-13-5-6-15-40(35)55-43(36)28-50)49-52-47(32-9-3-2-4-10-32)51-48(53-49)38-14-8-16-42-46(38)39-27-33(21-24-41(39)54-42)34-22-19-31-18-17-29-11-7-12-30-20-23-37(34)45(31)44(29)30/h2-10,12-17,19-27H,11,18,28H2,1H3. The maximum Gasteiger partial charge on any atom is 0.164 e. The second kappa shape index (κ2) is 11.3. The third kappa shape index (κ3) is 4.56. The van der Waals surface area contributed by atoms with Crippen LogP contribution in [0.1, 0.15) is 47.2 Å². The number of allylic oxidation sites excluding steroid dienone is 4. The minimum Gasteiger partial charge on any atom is -0.460 e. The first-order valence-corrected chi connectivity index (χ1v) is 19.0. The molecule has 3 aliphatic carbocycles. The summed E-state index contributed by atoms with van der Waals surface area (Å²) in [6, 6.07) is 40.4. The van der Waals surface area contributed by atoms with E-state index in [1.165, 1.54) is 38.6 Å². The van der Waals surface area contributed by atoms with E-state index < -0.39 is 5.41 Å². The van der Waals surface area contributed by atoms with Crippen molar-refractivity contribution in [3.8, 4) is 33.9 Å². The molecule has 55 heavy (non-hydrogen) atoms. The lowest BCUT2D eigenvalue weighted by Crippen LogP contribution is -2.28. The monoisotopic (exact) mass is 707 g/mol. The number of hydrogen-bond acceptors (Lipinski definition) is 5. The van der Waals surface area contributed by atoms with Gasteiger partial charge in [-0.2, -0.15) is 0 Å². The van der Waals surface area contributed by atoms with Gasteiger partial charge in [0.15, 0.2) is 11.6 Å². The van der Waals surface area contributed by atoms with Gasteiger partial charge in [-0.1, -0.05) is 121 Å². The average molecular weight is 708 g/mol. The smallest absolute Gasteiger partial charge is 0.164 e. The van der Waals surface area contributed by atoms with Crippen LogP contribution in [-0.4, -0.2) is 15.0 Å². The van der Waals surface area contributed by atoms with Crippen molar-refractivity contribution >= 4 is 61.4 Å². The molecule has 260 valence electrons. The van der Waals surface area contributed by atoms with E-state index in [9.17, 15) is 0 Å². The second-order valence-electron chi connectivity index (χ2n) is 15.3. The minimum absolute atomic E-state index is 0.526. The highest BCUT2D eigenvalue weighted by Crippen LogP contribution is 2.45. The van der Waals surface area contributed by atoms with Crippen molar-refractivity contribution in [1.29, 1.82) is 0 Å². The van der Waals surface area contributed by atoms with Gasteiger partial charge in [-0.3, -0.25) is 0 Å². The van der Waals surface area contributed by atoms with Crippen LogP contribution in [0.25, 0.3) is 95.3 Å². The number of furan rings is 2. The van der Waals surface area contributed by atoms with Crippen LogP contribution >= 0.6 is 0 Å². The fraction of sp³-hybridized carbons (Fsp3) is 0.100. The van der Waals surface area contributed by atoms with Crippen molar-refractivity contribution < 1.29 is 8.83 Å². The quantitative estimate of drug-likeness (QED) is 0.182. The number of benzene rings is 6. The van der Waals surface area contributed by atoms with Crippen LogP contribution in [-0.2, 0) is 18.3 Å². The Balaban J connectivity index is 1.04. The van der Waals surface area contributed by atoms with Crippen LogP contribution in [0.2, 0.25) is 0 Å². The van der Waals surface area contributed by atoms with E-state index in [0.29, 0.717) is 23.9 Å². The molecule has 1 unspecified atom stereocenters. The van der Waals surface area contributed by atoms with Crippen LogP contribution in [0, 0.1) is 0 Å². The predicted octanol–water partition coefficient (Wildman–Crippen LogP) is 12.6. The Morgan fingerprint density at radius 2 is 1.45 bits per heavy atom. The highest BCUT2D eigenvalue weighted by molar-refractivity contribution is 6.14. The summed E-state index contributed by atoms with van der Waals surface area (Å²) >= 11 is 0. The topological polar surface area (TPSA) is 65.0 Å². The van der Waals surface area contributed by atoms with Gasteiger partial charge in [-0.25, -0.2) is 15.0 Å². The third-order valence-corrected chi connectivity index (χ3v) is 11.9. The van der Waals surface area contributed by atoms with Crippen molar-refractivity contribution in [3.63, 3.8) is 0 Å². The lowest BCUT2D eigenvalue weighted by atomic mass is 9.79. The molecule has 0 radical (unpaired) electrons. The Bertz CT molecular complexity index is 3200. The molecule has 0 saturated carbocycles. The summed E-state index contributed by atoms with van der Waals surface area (Å²) in [5.74, 6) is 2.89. The van der Waals surface area contributed by atoms with Crippen molar-refractivity contribution in [2.24, 2.45) is 0 Å². The number of nitrogens with zero attached hydrogens (tertiary/aromatic N) is 3. The lowest BCUT2D eigenvalue weighted by Gasteiger charge is -2.27. The molecule has 0 saturated heterocycles. The molecule has 3 heterocycles. The molecule has 0 N–H and O–H groups in total. The highest BCUT2D eigenvalue weighted by atomic mass is 16.3. The molecule has 0 spiro atoms. The molecule has 0 amide bonds. The zero-order valence-electron chi connectivity index (χ0n) is 30.1. The number of hydrogen-bond donors (Lipinski definition) is 0. The van der Waals surface area contributed by atoms with E-state index in [0.717, 1.165) is 73.8 Å². The summed E-state index contributed by atoms with van der Waals surface area (Å²) in [7, 11) is 0. The molecule has 0 fully saturated rings. The number of fused-ring (bicyclic) bond motifs is 6. The van der Waals surface area contributed by atoms with E-state index in [-0.39, 0.29) is 0 Å². The second-order valence-corrected chi connectivity index (χ2v) is 15.3. The number of aromatic nitrogens is 3. The minimum atomic E-state index is -0.526. The number of rotatable bonds is 4. The Hall–Kier alpha value is -6.85. The van der Waals surface area contributed by atoms with Crippen LogP contribution in [0.15, 0.2) is 142 Å². The van der Waals surface area contributed by atoms with Gasteiger partial charge in [-0.05, 0) is 88.2 Å². The van der Waals surface area contributed by atoms with Gasteiger partial charge in [0.2, 0.25) is 0 Å². The van der Waals surface area contributed by atoms with Gasteiger partial charge in [0, 0.05) is 39.3 Å². The SMILES string of the molecule is CC1(c2nc(-c3ccccc3)nc(-c3cccc4oc5ccc(-c6ccc7c8c9c(ccc68)C=CCC9=CC7)cc5c34)n2)C=Cc2c(oc3ccccc23)C1. The summed E-state index contributed by atoms with van der Waals surface area (Å²) in [5, 5.41) is 5.84. The summed E-state index contributed by atoms with van der Waals surface area (Å²) in [5.41, 5.74) is 12.9. The van der Waals surface area contributed by atoms with E-state index in [2.05, 4.69) is 110 Å². The molecule has 12 rings (SSSR count). The van der Waals surface area contributed by atoms with E-state index in [1.807, 2.05) is 42.5 Å². The molecular formula is C50H33N3O2. The molecular weight excluding hydrogens is 675 g/mol. The largest absolute Gasteiger partial charge is 0.460 e. The Morgan fingerprint density at radius 3 is 2.40 bits per heavy atom. The van der Waals surface area contributed by atoms with E-state index in [4.69, 9.17) is 23.8 Å². The van der Waals surface area contributed by atoms with Gasteiger partial charge in [0.05, 0.1) is 5.41 Å². The lowest BCUT2D eigenvalue weighted by molar-refractivity contribution is 0.459. The Morgan fingerprint density at radius 1 is 0.600 bits per heavy atom. The van der Waals surface area contributed by atoms with Crippen molar-refractivity contribution in [3.05, 3.63) is 167 Å². The molecule has 0 aliphatic heterocycles. The van der Waals surface area contributed by atoms with Crippen LogP contribution in [0.5, 0.6) is 0 Å². The molecule has 1 atom stereocenters. The van der Waals surface area contributed by atoms with Gasteiger partial charge < -0.3 is 8.83 Å². The third-order valence-electron chi connectivity index (χ3n) is 11.9. The molecule has 0 bridgehead atoms. The fourth-order valence-electron chi connectivity index (χ4n) is 9.17. The van der Waals surface area contributed by atoms with Crippen LogP contribution in [0.3, 0.4) is 0 Å². The molecule has 3 aromatic heterocycles.